The van der Waals surface area contributed by atoms with Crippen LogP contribution in [0.15, 0.2) is 54.6 Å². The minimum atomic E-state index is -0.625. The molecule has 3 aliphatic heterocycles. The van der Waals surface area contributed by atoms with Crippen LogP contribution in [-0.4, -0.2) is 70.2 Å². The first-order valence-corrected chi connectivity index (χ1v) is 12.0. The minimum absolute atomic E-state index is 0.00362. The topological polar surface area (TPSA) is 60.9 Å². The normalized spacial score (nSPS) is 21.7. The lowest BCUT2D eigenvalue weighted by molar-refractivity contribution is -0.142. The number of hydrogen-bond donors (Lipinski definition) is 0. The van der Waals surface area contributed by atoms with E-state index in [1.54, 1.807) is 0 Å². The molecule has 0 aliphatic carbocycles. The molecule has 1 unspecified atom stereocenters. The summed E-state index contributed by atoms with van der Waals surface area (Å²) in [5, 5.41) is 0. The van der Waals surface area contributed by atoms with Gasteiger partial charge in [-0.3, -0.25) is 14.4 Å². The Labute approximate surface area is 195 Å². The van der Waals surface area contributed by atoms with Crippen molar-refractivity contribution in [1.82, 2.24) is 14.7 Å². The summed E-state index contributed by atoms with van der Waals surface area (Å²) in [4.78, 5) is 46.4. The summed E-state index contributed by atoms with van der Waals surface area (Å²) in [5.41, 5.74) is 1.53. The van der Waals surface area contributed by atoms with E-state index in [-0.39, 0.29) is 23.8 Å². The van der Waals surface area contributed by atoms with Crippen molar-refractivity contribution in [2.24, 2.45) is 0 Å². The van der Waals surface area contributed by atoms with Crippen LogP contribution in [0.5, 0.6) is 0 Å². The number of rotatable bonds is 3. The van der Waals surface area contributed by atoms with Gasteiger partial charge in [0.1, 0.15) is 0 Å². The van der Waals surface area contributed by atoms with Crippen molar-refractivity contribution in [1.29, 1.82) is 0 Å². The summed E-state index contributed by atoms with van der Waals surface area (Å²) in [6.07, 6.45) is 2.21. The number of carbonyl (C=O) groups excluding carboxylic acids is 3. The quantitative estimate of drug-likeness (QED) is 0.726. The van der Waals surface area contributed by atoms with Crippen LogP contribution in [0.3, 0.4) is 0 Å². The van der Waals surface area contributed by atoms with Crippen molar-refractivity contribution >= 4 is 17.7 Å². The Morgan fingerprint density at radius 2 is 1.52 bits per heavy atom. The summed E-state index contributed by atoms with van der Waals surface area (Å²) in [6.45, 7) is 6.66. The highest BCUT2D eigenvalue weighted by atomic mass is 16.2. The molecule has 3 heterocycles. The fourth-order valence-corrected chi connectivity index (χ4v) is 5.92. The highest BCUT2D eigenvalue weighted by Gasteiger charge is 2.57. The van der Waals surface area contributed by atoms with E-state index >= 15 is 0 Å². The average Bonchev–Trinajstić information content (AvgIpc) is 2.78. The lowest BCUT2D eigenvalue weighted by Crippen LogP contribution is -2.68. The number of benzene rings is 2. The predicted molar refractivity (Wildman–Crippen MR) is 126 cm³/mol. The second-order valence-electron chi connectivity index (χ2n) is 9.73. The number of nitrogens with zero attached hydrogens (tertiary/aromatic N) is 3. The molecule has 1 spiro atoms. The number of fused-ring (bicyclic) bond motifs is 1. The maximum atomic E-state index is 13.8. The fourth-order valence-electron chi connectivity index (χ4n) is 5.92. The van der Waals surface area contributed by atoms with Gasteiger partial charge >= 0.3 is 0 Å². The van der Waals surface area contributed by atoms with Crippen LogP contribution in [0.2, 0.25) is 0 Å². The third-order valence-electron chi connectivity index (χ3n) is 7.61. The third kappa shape index (κ3) is 3.43. The van der Waals surface area contributed by atoms with Crippen molar-refractivity contribution in [3.63, 3.8) is 0 Å². The standard InChI is InChI=1S/C27H31N3O3/c1-19(2)30-25(32)22-12-7-6-11-21(22)23(26(33)28-15-8-16-28)27(30)13-17-29(18-14-27)24(31)20-9-4-3-5-10-20/h3-7,9-12,19,23H,8,13-18H2,1-2H3. The molecule has 0 N–H and O–H groups in total. The maximum Gasteiger partial charge on any atom is 0.254 e. The lowest BCUT2D eigenvalue weighted by atomic mass is 9.66. The van der Waals surface area contributed by atoms with Gasteiger partial charge in [-0.1, -0.05) is 36.4 Å². The Kier molecular flexibility index (Phi) is 5.47. The van der Waals surface area contributed by atoms with Crippen LogP contribution in [-0.2, 0) is 4.79 Å². The molecule has 2 saturated heterocycles. The third-order valence-corrected chi connectivity index (χ3v) is 7.61. The molecule has 0 saturated carbocycles. The van der Waals surface area contributed by atoms with Crippen LogP contribution < -0.4 is 0 Å². The first kappa shape index (κ1) is 21.7. The van der Waals surface area contributed by atoms with Gasteiger partial charge in [0, 0.05) is 43.3 Å². The molecule has 2 aromatic carbocycles. The number of carbonyl (C=O) groups is 3. The van der Waals surface area contributed by atoms with Gasteiger partial charge in [0.2, 0.25) is 5.91 Å². The molecule has 5 rings (SSSR count). The molecule has 3 amide bonds. The number of amides is 3. The Morgan fingerprint density at radius 3 is 2.12 bits per heavy atom. The largest absolute Gasteiger partial charge is 0.342 e. The van der Waals surface area contributed by atoms with E-state index in [0.717, 1.165) is 25.1 Å². The van der Waals surface area contributed by atoms with Crippen molar-refractivity contribution < 1.29 is 14.4 Å². The van der Waals surface area contributed by atoms with Gasteiger partial charge in [-0.15, -0.1) is 0 Å². The van der Waals surface area contributed by atoms with Gasteiger partial charge < -0.3 is 14.7 Å². The second-order valence-corrected chi connectivity index (χ2v) is 9.73. The summed E-state index contributed by atoms with van der Waals surface area (Å²) in [6, 6.07) is 16.9. The van der Waals surface area contributed by atoms with Gasteiger partial charge in [0.15, 0.2) is 0 Å². The molecule has 33 heavy (non-hydrogen) atoms. The van der Waals surface area contributed by atoms with Gasteiger partial charge in [0.25, 0.3) is 11.8 Å². The zero-order chi connectivity index (χ0) is 23.2. The van der Waals surface area contributed by atoms with Crippen LogP contribution in [0.1, 0.15) is 65.3 Å². The lowest BCUT2D eigenvalue weighted by Gasteiger charge is -2.57. The summed E-state index contributed by atoms with van der Waals surface area (Å²) >= 11 is 0. The number of hydrogen-bond acceptors (Lipinski definition) is 3. The molecule has 6 heteroatoms. The van der Waals surface area contributed by atoms with E-state index in [1.807, 2.05) is 83.1 Å². The molecule has 0 bridgehead atoms. The molecule has 6 nitrogen and oxygen atoms in total. The zero-order valence-electron chi connectivity index (χ0n) is 19.4. The molecule has 3 aliphatic rings. The van der Waals surface area contributed by atoms with Crippen LogP contribution in [0.4, 0.5) is 0 Å². The fraction of sp³-hybridized carbons (Fsp3) is 0.444. The summed E-state index contributed by atoms with van der Waals surface area (Å²) < 4.78 is 0. The summed E-state index contributed by atoms with van der Waals surface area (Å²) in [5.74, 6) is -0.274. The SMILES string of the molecule is CC(C)N1C(=O)c2ccccc2C(C(=O)N2CCC2)C12CCN(C(=O)c1ccccc1)CC2. The Morgan fingerprint density at radius 1 is 0.879 bits per heavy atom. The monoisotopic (exact) mass is 445 g/mol. The van der Waals surface area contributed by atoms with Gasteiger partial charge in [0.05, 0.1) is 11.5 Å². The molecular weight excluding hydrogens is 414 g/mol. The molecule has 172 valence electrons. The van der Waals surface area contributed by atoms with Crippen LogP contribution in [0, 0.1) is 0 Å². The van der Waals surface area contributed by atoms with E-state index in [9.17, 15) is 14.4 Å². The van der Waals surface area contributed by atoms with E-state index in [0.29, 0.717) is 37.1 Å². The molecule has 0 radical (unpaired) electrons. The van der Waals surface area contributed by atoms with Crippen molar-refractivity contribution in [2.45, 2.75) is 50.6 Å². The zero-order valence-corrected chi connectivity index (χ0v) is 19.4. The van der Waals surface area contributed by atoms with Crippen molar-refractivity contribution in [2.75, 3.05) is 26.2 Å². The van der Waals surface area contributed by atoms with Crippen molar-refractivity contribution in [3.8, 4) is 0 Å². The highest BCUT2D eigenvalue weighted by molar-refractivity contribution is 6.02. The smallest absolute Gasteiger partial charge is 0.254 e. The molecule has 2 fully saturated rings. The van der Waals surface area contributed by atoms with Gasteiger partial charge in [-0.25, -0.2) is 0 Å². The molecule has 0 aromatic heterocycles. The minimum Gasteiger partial charge on any atom is -0.342 e. The van der Waals surface area contributed by atoms with E-state index < -0.39 is 11.5 Å². The number of likely N-dealkylation sites (tertiary alicyclic amines) is 2. The molecular formula is C27H31N3O3. The maximum absolute atomic E-state index is 13.8. The van der Waals surface area contributed by atoms with Gasteiger partial charge in [-0.05, 0) is 56.9 Å². The average molecular weight is 446 g/mol. The summed E-state index contributed by atoms with van der Waals surface area (Å²) in [7, 11) is 0. The second kappa shape index (κ2) is 8.32. The Balaban J connectivity index is 1.54. The van der Waals surface area contributed by atoms with E-state index in [2.05, 4.69) is 0 Å². The molecule has 2 aromatic rings. The first-order valence-electron chi connectivity index (χ1n) is 12.0. The van der Waals surface area contributed by atoms with E-state index in [4.69, 9.17) is 0 Å². The number of piperidine rings is 1. The van der Waals surface area contributed by atoms with Crippen LogP contribution >= 0.6 is 0 Å². The Hall–Kier alpha value is -3.15. The first-order chi connectivity index (χ1) is 15.9. The highest BCUT2D eigenvalue weighted by Crippen LogP contribution is 2.49. The van der Waals surface area contributed by atoms with E-state index in [1.165, 1.54) is 0 Å². The van der Waals surface area contributed by atoms with Crippen molar-refractivity contribution in [3.05, 3.63) is 71.3 Å². The van der Waals surface area contributed by atoms with Gasteiger partial charge in [-0.2, -0.15) is 0 Å². The molecule has 1 atom stereocenters. The Bertz CT molecular complexity index is 1070. The van der Waals surface area contributed by atoms with Crippen LogP contribution in [0.25, 0.3) is 0 Å². The predicted octanol–water partition coefficient (Wildman–Crippen LogP) is 3.54.